The lowest BCUT2D eigenvalue weighted by Crippen LogP contribution is -2.49. The van der Waals surface area contributed by atoms with E-state index in [0.717, 1.165) is 16.7 Å². The van der Waals surface area contributed by atoms with Crippen LogP contribution in [0.5, 0.6) is 0 Å². The summed E-state index contributed by atoms with van der Waals surface area (Å²) in [6, 6.07) is 4.62. The second-order valence-electron chi connectivity index (χ2n) is 6.50. The lowest BCUT2D eigenvalue weighted by atomic mass is 9.98. The van der Waals surface area contributed by atoms with E-state index in [1.54, 1.807) is 12.1 Å². The number of nitro benzene ring substituents is 1. The lowest BCUT2D eigenvalue weighted by Gasteiger charge is -2.34. The molecule has 2 aliphatic rings. The van der Waals surface area contributed by atoms with Gasteiger partial charge in [0.2, 0.25) is 0 Å². The molecule has 0 N–H and O–H groups in total. The molecular weight excluding hydrogens is 336 g/mol. The highest BCUT2D eigenvalue weighted by Gasteiger charge is 2.32. The molecule has 0 spiro atoms. The van der Waals surface area contributed by atoms with Gasteiger partial charge in [0.1, 0.15) is 6.04 Å². The molecule has 1 aromatic rings. The summed E-state index contributed by atoms with van der Waals surface area (Å²) in [7, 11) is 0. The van der Waals surface area contributed by atoms with Crippen LogP contribution >= 0.6 is 0 Å². The first kappa shape index (κ1) is 18.5. The Bertz CT molecular complexity index is 710. The summed E-state index contributed by atoms with van der Waals surface area (Å²) in [6.45, 7) is 4.76. The van der Waals surface area contributed by atoms with Gasteiger partial charge in [-0.25, -0.2) is 4.79 Å². The molecule has 7 heteroatoms. The number of hydrogen-bond donors (Lipinski definition) is 0. The van der Waals surface area contributed by atoms with E-state index in [4.69, 9.17) is 9.47 Å². The quantitative estimate of drug-likeness (QED) is 0.347. The van der Waals surface area contributed by atoms with Crippen molar-refractivity contribution in [3.8, 4) is 0 Å². The number of nitrogens with zero attached hydrogens (tertiary/aromatic N) is 2. The molecule has 1 saturated heterocycles. The van der Waals surface area contributed by atoms with Gasteiger partial charge >= 0.3 is 5.97 Å². The number of nitro groups is 1. The first-order valence-electron chi connectivity index (χ1n) is 9.03. The Morgan fingerprint density at radius 2 is 2.08 bits per heavy atom. The minimum absolute atomic E-state index is 0.113. The van der Waals surface area contributed by atoms with Crippen molar-refractivity contribution >= 4 is 11.7 Å². The van der Waals surface area contributed by atoms with Crippen molar-refractivity contribution in [2.45, 2.75) is 32.2 Å². The Kier molecular flexibility index (Phi) is 6.00. The van der Waals surface area contributed by atoms with Crippen molar-refractivity contribution in [2.24, 2.45) is 0 Å². The Morgan fingerprint density at radius 3 is 2.77 bits per heavy atom. The number of allylic oxidation sites excluding steroid dienone is 1. The summed E-state index contributed by atoms with van der Waals surface area (Å²) < 4.78 is 10.7. The van der Waals surface area contributed by atoms with Crippen molar-refractivity contribution in [3.05, 3.63) is 51.1 Å². The van der Waals surface area contributed by atoms with Crippen LogP contribution < -0.4 is 0 Å². The van der Waals surface area contributed by atoms with Crippen molar-refractivity contribution in [2.75, 3.05) is 32.9 Å². The molecule has 0 radical (unpaired) electrons. The van der Waals surface area contributed by atoms with Gasteiger partial charge in [0, 0.05) is 25.2 Å². The summed E-state index contributed by atoms with van der Waals surface area (Å²) in [4.78, 5) is 25.4. The average molecular weight is 360 g/mol. The third-order valence-electron chi connectivity index (χ3n) is 4.94. The highest BCUT2D eigenvalue weighted by Crippen LogP contribution is 2.28. The average Bonchev–Trinajstić information content (AvgIpc) is 2.85. The lowest BCUT2D eigenvalue weighted by molar-refractivity contribution is -0.384. The smallest absolute Gasteiger partial charge is 0.327 e. The van der Waals surface area contributed by atoms with Crippen LogP contribution in [0.2, 0.25) is 0 Å². The van der Waals surface area contributed by atoms with Crippen LogP contribution in [0.4, 0.5) is 5.69 Å². The number of fused-ring (bicyclic) bond motifs is 1. The molecule has 1 aliphatic heterocycles. The maximum absolute atomic E-state index is 12.6. The fourth-order valence-electron chi connectivity index (χ4n) is 3.62. The number of esters is 1. The zero-order valence-corrected chi connectivity index (χ0v) is 15.0. The normalized spacial score (nSPS) is 19.0. The van der Waals surface area contributed by atoms with E-state index in [1.165, 1.54) is 0 Å². The molecule has 0 saturated carbocycles. The van der Waals surface area contributed by atoms with Crippen molar-refractivity contribution in [1.29, 1.82) is 0 Å². The maximum atomic E-state index is 12.6. The number of carbonyl (C=O) groups is 1. The van der Waals surface area contributed by atoms with Gasteiger partial charge < -0.3 is 9.47 Å². The minimum atomic E-state index is -0.400. The number of benzene rings is 1. The Morgan fingerprint density at radius 1 is 1.31 bits per heavy atom. The molecular formula is C19H24N2O5. The molecule has 0 aromatic heterocycles. The van der Waals surface area contributed by atoms with E-state index < -0.39 is 6.04 Å². The van der Waals surface area contributed by atoms with E-state index in [-0.39, 0.29) is 16.6 Å². The number of non-ortho nitro benzene ring substituents is 1. The third-order valence-corrected chi connectivity index (χ3v) is 4.94. The minimum Gasteiger partial charge on any atom is -0.465 e. The van der Waals surface area contributed by atoms with Crippen LogP contribution in [-0.2, 0) is 27.1 Å². The van der Waals surface area contributed by atoms with E-state index in [9.17, 15) is 14.9 Å². The van der Waals surface area contributed by atoms with Crippen LogP contribution in [0, 0.1) is 10.1 Å². The van der Waals surface area contributed by atoms with E-state index >= 15 is 0 Å². The fraction of sp³-hybridized carbons (Fsp3) is 0.526. The molecule has 1 fully saturated rings. The van der Waals surface area contributed by atoms with Crippen LogP contribution in [0.3, 0.4) is 0 Å². The second kappa shape index (κ2) is 8.42. The molecule has 1 heterocycles. The summed E-state index contributed by atoms with van der Waals surface area (Å²) >= 11 is 0. The highest BCUT2D eigenvalue weighted by molar-refractivity contribution is 5.79. The van der Waals surface area contributed by atoms with Gasteiger partial charge in [0.05, 0.1) is 24.7 Å². The third kappa shape index (κ3) is 4.11. The summed E-state index contributed by atoms with van der Waals surface area (Å²) in [6.07, 6.45) is 4.13. The van der Waals surface area contributed by atoms with Crippen molar-refractivity contribution in [3.63, 3.8) is 0 Å². The van der Waals surface area contributed by atoms with E-state index in [1.807, 2.05) is 13.0 Å². The highest BCUT2D eigenvalue weighted by atomic mass is 16.6. The molecule has 1 aliphatic carbocycles. The van der Waals surface area contributed by atoms with Crippen LogP contribution in [0.15, 0.2) is 29.8 Å². The van der Waals surface area contributed by atoms with Gasteiger partial charge in [-0.1, -0.05) is 12.1 Å². The second-order valence-corrected chi connectivity index (χ2v) is 6.50. The van der Waals surface area contributed by atoms with Crippen LogP contribution in [0.25, 0.3) is 0 Å². The zero-order valence-electron chi connectivity index (χ0n) is 15.0. The number of carbonyl (C=O) groups excluding carboxylic acids is 1. The molecule has 3 rings (SSSR count). The van der Waals surface area contributed by atoms with E-state index in [0.29, 0.717) is 52.2 Å². The number of hydrogen-bond acceptors (Lipinski definition) is 6. The number of morpholine rings is 1. The van der Waals surface area contributed by atoms with Gasteiger partial charge in [-0.15, -0.1) is 0 Å². The monoisotopic (exact) mass is 360 g/mol. The summed E-state index contributed by atoms with van der Waals surface area (Å²) in [5.74, 6) is -0.224. The number of ether oxygens (including phenoxy) is 2. The standard InChI is InChI=1S/C19H24N2O5/c1-2-26-19(22)18(20-9-11-25-12-10-20)15-4-3-14-7-8-17(21(23)24)13-16(14)6-5-15/h4,7-8,13,18H,2-3,5-6,9-12H2,1H3. The Labute approximate surface area is 152 Å². The molecule has 26 heavy (non-hydrogen) atoms. The summed E-state index contributed by atoms with van der Waals surface area (Å²) in [5, 5.41) is 11.0. The Balaban J connectivity index is 1.82. The van der Waals surface area contributed by atoms with Gasteiger partial charge in [-0.05, 0) is 42.9 Å². The molecule has 7 nitrogen and oxygen atoms in total. The number of rotatable bonds is 5. The predicted molar refractivity (Wildman–Crippen MR) is 96.0 cm³/mol. The SMILES string of the molecule is CCOC(=O)C(C1=CCc2ccc([N+](=O)[O-])cc2CC1)N1CCOCC1. The molecule has 0 amide bonds. The molecule has 1 atom stereocenters. The first-order valence-corrected chi connectivity index (χ1v) is 9.03. The van der Waals surface area contributed by atoms with Crippen LogP contribution in [-0.4, -0.2) is 54.7 Å². The van der Waals surface area contributed by atoms with Gasteiger partial charge in [-0.3, -0.25) is 15.0 Å². The zero-order chi connectivity index (χ0) is 18.5. The van der Waals surface area contributed by atoms with Gasteiger partial charge in [-0.2, -0.15) is 0 Å². The Hall–Kier alpha value is -2.25. The topological polar surface area (TPSA) is 81.9 Å². The van der Waals surface area contributed by atoms with Gasteiger partial charge in [0.15, 0.2) is 0 Å². The summed E-state index contributed by atoms with van der Waals surface area (Å²) in [5.41, 5.74) is 3.21. The van der Waals surface area contributed by atoms with Crippen molar-refractivity contribution < 1.29 is 19.2 Å². The maximum Gasteiger partial charge on any atom is 0.327 e. The van der Waals surface area contributed by atoms with E-state index in [2.05, 4.69) is 11.0 Å². The predicted octanol–water partition coefficient (Wildman–Crippen LogP) is 2.27. The van der Waals surface area contributed by atoms with Gasteiger partial charge in [0.25, 0.3) is 5.69 Å². The number of aryl methyl sites for hydroxylation is 1. The van der Waals surface area contributed by atoms with Crippen molar-refractivity contribution in [1.82, 2.24) is 4.90 Å². The molecule has 1 unspecified atom stereocenters. The molecule has 1 aromatic carbocycles. The molecule has 0 bridgehead atoms. The van der Waals surface area contributed by atoms with Crippen LogP contribution in [0.1, 0.15) is 24.5 Å². The first-order chi connectivity index (χ1) is 12.6. The molecule has 140 valence electrons. The largest absolute Gasteiger partial charge is 0.465 e. The fourth-order valence-corrected chi connectivity index (χ4v) is 3.62.